The normalized spacial score (nSPS) is 15.5. The fourth-order valence-corrected chi connectivity index (χ4v) is 5.78. The van der Waals surface area contributed by atoms with Crippen LogP contribution in [-0.4, -0.2) is 28.1 Å². The summed E-state index contributed by atoms with van der Waals surface area (Å²) in [5, 5.41) is 1.61. The maximum atomic E-state index is 13.5. The molecule has 0 amide bonds. The molecule has 182 valence electrons. The molecule has 0 atom stereocenters. The second kappa shape index (κ2) is 9.43. The molecular formula is C28H23Cl2N3O2S. The summed E-state index contributed by atoms with van der Waals surface area (Å²) in [6, 6.07) is 20.3. The third-order valence-corrected chi connectivity index (χ3v) is 8.19. The first-order chi connectivity index (χ1) is 17.2. The van der Waals surface area contributed by atoms with Crippen LogP contribution in [0.5, 0.6) is 0 Å². The van der Waals surface area contributed by atoms with Crippen molar-refractivity contribution in [2.45, 2.75) is 24.4 Å². The zero-order valence-electron chi connectivity index (χ0n) is 20.0. The Morgan fingerprint density at radius 1 is 1.03 bits per heavy atom. The number of rotatable bonds is 5. The summed E-state index contributed by atoms with van der Waals surface area (Å²) in [5.41, 5.74) is 3.78. The average Bonchev–Trinajstić information content (AvgIpc) is 3.05. The van der Waals surface area contributed by atoms with Crippen LogP contribution in [0.25, 0.3) is 16.6 Å². The van der Waals surface area contributed by atoms with E-state index in [0.717, 1.165) is 11.4 Å². The number of para-hydroxylation sites is 2. The maximum absolute atomic E-state index is 13.5. The average molecular weight is 536 g/mol. The second-order valence-electron chi connectivity index (χ2n) is 9.14. The summed E-state index contributed by atoms with van der Waals surface area (Å²) >= 11 is 13.6. The van der Waals surface area contributed by atoms with Crippen LogP contribution in [0.2, 0.25) is 10.0 Å². The van der Waals surface area contributed by atoms with E-state index in [2.05, 4.69) is 30.9 Å². The molecule has 4 aromatic rings. The first-order valence-electron chi connectivity index (χ1n) is 11.4. The van der Waals surface area contributed by atoms with Gasteiger partial charge in [0.2, 0.25) is 0 Å². The number of aromatic nitrogens is 2. The van der Waals surface area contributed by atoms with Crippen molar-refractivity contribution in [3.05, 3.63) is 104 Å². The molecule has 1 aliphatic rings. The van der Waals surface area contributed by atoms with E-state index >= 15 is 0 Å². The van der Waals surface area contributed by atoms with Gasteiger partial charge in [-0.05, 0) is 42.0 Å². The Balaban J connectivity index is 1.50. The zero-order valence-corrected chi connectivity index (χ0v) is 22.3. The second-order valence-corrected chi connectivity index (χ2v) is 10.9. The number of thioether (sulfide) groups is 1. The van der Waals surface area contributed by atoms with Crippen LogP contribution in [0.3, 0.4) is 0 Å². The quantitative estimate of drug-likeness (QED) is 0.162. The summed E-state index contributed by atoms with van der Waals surface area (Å²) in [6.45, 7) is 4.24. The summed E-state index contributed by atoms with van der Waals surface area (Å²) in [4.78, 5) is 33.4. The van der Waals surface area contributed by atoms with Gasteiger partial charge in [-0.1, -0.05) is 79.1 Å². The van der Waals surface area contributed by atoms with Gasteiger partial charge in [-0.3, -0.25) is 14.2 Å². The molecule has 36 heavy (non-hydrogen) atoms. The highest BCUT2D eigenvalue weighted by Crippen LogP contribution is 2.46. The Morgan fingerprint density at radius 2 is 1.75 bits per heavy atom. The lowest BCUT2D eigenvalue weighted by Gasteiger charge is -2.24. The maximum Gasteiger partial charge on any atom is 0.266 e. The highest BCUT2D eigenvalue weighted by Gasteiger charge is 2.38. The van der Waals surface area contributed by atoms with Crippen molar-refractivity contribution in [2.75, 3.05) is 17.7 Å². The number of ketones is 1. The van der Waals surface area contributed by atoms with Gasteiger partial charge in [-0.25, -0.2) is 4.98 Å². The van der Waals surface area contributed by atoms with Crippen molar-refractivity contribution in [1.82, 2.24) is 9.55 Å². The smallest absolute Gasteiger partial charge is 0.266 e. The molecule has 0 radical (unpaired) electrons. The van der Waals surface area contributed by atoms with Gasteiger partial charge in [0.05, 0.1) is 32.4 Å². The Morgan fingerprint density at radius 3 is 2.50 bits per heavy atom. The van der Waals surface area contributed by atoms with E-state index in [4.69, 9.17) is 28.2 Å². The minimum atomic E-state index is -0.297. The molecule has 8 heteroatoms. The van der Waals surface area contributed by atoms with E-state index in [1.807, 2.05) is 25.2 Å². The van der Waals surface area contributed by atoms with Crippen molar-refractivity contribution < 1.29 is 4.79 Å². The molecule has 0 N–H and O–H groups in total. The molecule has 0 bridgehead atoms. The molecule has 0 unspecified atom stereocenters. The number of halogens is 2. The van der Waals surface area contributed by atoms with Crippen LogP contribution in [-0.2, 0) is 10.2 Å². The highest BCUT2D eigenvalue weighted by molar-refractivity contribution is 7.99. The van der Waals surface area contributed by atoms with Gasteiger partial charge in [0.15, 0.2) is 10.9 Å². The highest BCUT2D eigenvalue weighted by atomic mass is 35.5. The first kappa shape index (κ1) is 24.6. The molecule has 5 rings (SSSR count). The molecule has 5 nitrogen and oxygen atoms in total. The molecule has 0 fully saturated rings. The van der Waals surface area contributed by atoms with Crippen LogP contribution in [0.15, 0.2) is 88.5 Å². The Labute approximate surface area is 223 Å². The number of hydrogen-bond donors (Lipinski definition) is 0. The number of carbonyl (C=O) groups is 1. The summed E-state index contributed by atoms with van der Waals surface area (Å²) in [6.07, 6.45) is 1.70. The van der Waals surface area contributed by atoms with Crippen LogP contribution in [0.1, 0.15) is 19.4 Å². The summed E-state index contributed by atoms with van der Waals surface area (Å²) in [7, 11) is 1.98. The van der Waals surface area contributed by atoms with Crippen LogP contribution in [0.4, 0.5) is 5.69 Å². The minimum Gasteiger partial charge on any atom is -0.347 e. The predicted octanol–water partition coefficient (Wildman–Crippen LogP) is 6.67. The lowest BCUT2D eigenvalue weighted by molar-refractivity contribution is -0.112. The number of benzene rings is 3. The first-order valence-corrected chi connectivity index (χ1v) is 13.1. The molecule has 0 saturated carbocycles. The number of nitrogens with zero attached hydrogens (tertiary/aromatic N) is 3. The monoisotopic (exact) mass is 535 g/mol. The Kier molecular flexibility index (Phi) is 6.45. The molecule has 0 saturated heterocycles. The lowest BCUT2D eigenvalue weighted by Crippen LogP contribution is -2.24. The topological polar surface area (TPSA) is 55.2 Å². The fraction of sp³-hybridized carbons (Fsp3) is 0.179. The van der Waals surface area contributed by atoms with E-state index in [0.29, 0.717) is 31.8 Å². The molecule has 1 aromatic heterocycles. The van der Waals surface area contributed by atoms with Crippen molar-refractivity contribution in [3.8, 4) is 5.69 Å². The molecular weight excluding hydrogens is 513 g/mol. The molecule has 0 spiro atoms. The minimum absolute atomic E-state index is 0.0640. The van der Waals surface area contributed by atoms with Gasteiger partial charge in [0.25, 0.3) is 5.56 Å². The van der Waals surface area contributed by atoms with Gasteiger partial charge >= 0.3 is 0 Å². The van der Waals surface area contributed by atoms with E-state index in [9.17, 15) is 9.59 Å². The number of allylic oxidation sites excluding steroid dienone is 2. The van der Waals surface area contributed by atoms with E-state index in [1.54, 1.807) is 42.5 Å². The Bertz CT molecular complexity index is 1610. The van der Waals surface area contributed by atoms with Gasteiger partial charge in [0, 0.05) is 29.9 Å². The largest absolute Gasteiger partial charge is 0.347 e. The lowest BCUT2D eigenvalue weighted by atomic mass is 9.83. The SMILES string of the molecule is CN1/C(=C\C(=O)CSc2nc3ccccc3c(=O)n2-c2ccc(Cl)c(Cl)c2)C(C)(C)c2ccccc21. The van der Waals surface area contributed by atoms with Crippen LogP contribution < -0.4 is 10.5 Å². The van der Waals surface area contributed by atoms with Gasteiger partial charge in [0.1, 0.15) is 0 Å². The van der Waals surface area contributed by atoms with E-state index in [1.165, 1.54) is 21.9 Å². The van der Waals surface area contributed by atoms with Crippen molar-refractivity contribution in [2.24, 2.45) is 0 Å². The number of carbonyl (C=O) groups excluding carboxylic acids is 1. The fourth-order valence-electron chi connectivity index (χ4n) is 4.65. The van der Waals surface area contributed by atoms with Gasteiger partial charge < -0.3 is 4.90 Å². The number of anilines is 1. The van der Waals surface area contributed by atoms with E-state index in [-0.39, 0.29) is 22.5 Å². The van der Waals surface area contributed by atoms with Gasteiger partial charge in [-0.2, -0.15) is 0 Å². The molecule has 3 aromatic carbocycles. The molecule has 1 aliphatic heterocycles. The van der Waals surface area contributed by atoms with Crippen molar-refractivity contribution in [1.29, 1.82) is 0 Å². The third-order valence-electron chi connectivity index (χ3n) is 6.49. The van der Waals surface area contributed by atoms with E-state index < -0.39 is 0 Å². The summed E-state index contributed by atoms with van der Waals surface area (Å²) < 4.78 is 1.48. The standard InChI is InChI=1S/C28H23Cl2N3O2S/c1-28(2)20-9-5-7-11-24(20)32(3)25(28)15-18(34)16-36-27-31-23-10-6-4-8-19(23)26(35)33(27)17-12-13-21(29)22(30)14-17/h4-15H,16H2,1-3H3/b25-15-. The van der Waals surface area contributed by atoms with Crippen LogP contribution in [0, 0.1) is 0 Å². The Hall–Kier alpha value is -3.06. The number of likely N-dealkylation sites (N-methyl/N-ethyl adjacent to an activating group) is 1. The number of hydrogen-bond acceptors (Lipinski definition) is 5. The van der Waals surface area contributed by atoms with Crippen molar-refractivity contribution >= 4 is 57.3 Å². The van der Waals surface area contributed by atoms with Crippen molar-refractivity contribution in [3.63, 3.8) is 0 Å². The van der Waals surface area contributed by atoms with Crippen LogP contribution >= 0.6 is 35.0 Å². The predicted molar refractivity (Wildman–Crippen MR) is 149 cm³/mol. The number of fused-ring (bicyclic) bond motifs is 2. The third kappa shape index (κ3) is 4.23. The molecule has 2 heterocycles. The molecule has 0 aliphatic carbocycles. The summed E-state index contributed by atoms with van der Waals surface area (Å²) in [5.74, 6) is 0.0569. The van der Waals surface area contributed by atoms with Gasteiger partial charge in [-0.15, -0.1) is 0 Å². The zero-order chi connectivity index (χ0) is 25.6.